The zero-order valence-corrected chi connectivity index (χ0v) is 15.3. The normalized spacial score (nSPS) is 16.9. The van der Waals surface area contributed by atoms with E-state index in [2.05, 4.69) is 6.07 Å². The first-order chi connectivity index (χ1) is 12.2. The van der Waals surface area contributed by atoms with Gasteiger partial charge in [-0.3, -0.25) is 9.59 Å². The van der Waals surface area contributed by atoms with Crippen molar-refractivity contribution in [3.8, 4) is 0 Å². The second-order valence-corrected chi connectivity index (χ2v) is 8.11. The Hall–Kier alpha value is -1.92. The second kappa shape index (κ2) is 7.14. The fourth-order valence-electron chi connectivity index (χ4n) is 3.13. The van der Waals surface area contributed by atoms with Gasteiger partial charge in [-0.05, 0) is 36.4 Å². The van der Waals surface area contributed by atoms with Crippen LogP contribution in [0.15, 0.2) is 58.3 Å². The van der Waals surface area contributed by atoms with Crippen LogP contribution in [0, 0.1) is 0 Å². The summed E-state index contributed by atoms with van der Waals surface area (Å²) < 4.78 is 0. The molecule has 0 aliphatic carbocycles. The minimum atomic E-state index is -0.0231. The maximum atomic E-state index is 13.1. The van der Waals surface area contributed by atoms with Crippen LogP contribution >= 0.6 is 23.5 Å². The summed E-state index contributed by atoms with van der Waals surface area (Å²) in [5.41, 5.74) is 1.80. The third-order valence-electron chi connectivity index (χ3n) is 4.34. The molecule has 6 heteroatoms. The lowest BCUT2D eigenvalue weighted by Gasteiger charge is -2.31. The van der Waals surface area contributed by atoms with Crippen LogP contribution in [0.2, 0.25) is 0 Å². The van der Waals surface area contributed by atoms with Crippen LogP contribution in [0.25, 0.3) is 0 Å². The molecule has 25 heavy (non-hydrogen) atoms. The molecular formula is C19H18N2O2S2. The fourth-order valence-corrected chi connectivity index (χ4v) is 5.06. The van der Waals surface area contributed by atoms with E-state index in [4.69, 9.17) is 0 Å². The Bertz CT molecular complexity index is 825. The van der Waals surface area contributed by atoms with E-state index in [1.54, 1.807) is 16.7 Å². The first kappa shape index (κ1) is 16.5. The maximum Gasteiger partial charge on any atom is 0.247 e. The third-order valence-corrected chi connectivity index (χ3v) is 6.54. The van der Waals surface area contributed by atoms with Crippen molar-refractivity contribution in [2.45, 2.75) is 16.2 Å². The topological polar surface area (TPSA) is 40.6 Å². The molecular weight excluding hydrogens is 352 g/mol. The van der Waals surface area contributed by atoms with Gasteiger partial charge in [0.25, 0.3) is 0 Å². The summed E-state index contributed by atoms with van der Waals surface area (Å²) in [5, 5.41) is 0. The number of carbonyl (C=O) groups excluding carboxylic acids is 2. The Labute approximate surface area is 155 Å². The highest BCUT2D eigenvalue weighted by Gasteiger charge is 2.29. The van der Waals surface area contributed by atoms with Gasteiger partial charge in [-0.25, -0.2) is 0 Å². The lowest BCUT2D eigenvalue weighted by molar-refractivity contribution is -0.121. The highest BCUT2D eigenvalue weighted by atomic mass is 32.2. The number of rotatable bonds is 2. The van der Waals surface area contributed by atoms with Crippen molar-refractivity contribution in [1.29, 1.82) is 0 Å². The number of amides is 2. The number of hydrogen-bond donors (Lipinski definition) is 0. The average molecular weight is 370 g/mol. The van der Waals surface area contributed by atoms with E-state index < -0.39 is 0 Å². The Morgan fingerprint density at radius 3 is 2.44 bits per heavy atom. The molecule has 2 heterocycles. The van der Waals surface area contributed by atoms with Crippen molar-refractivity contribution < 1.29 is 9.59 Å². The Morgan fingerprint density at radius 1 is 0.960 bits per heavy atom. The molecule has 2 aromatic rings. The summed E-state index contributed by atoms with van der Waals surface area (Å²) in [4.78, 5) is 31.1. The molecule has 0 unspecified atom stereocenters. The lowest BCUT2D eigenvalue weighted by Crippen LogP contribution is -2.45. The van der Waals surface area contributed by atoms with Gasteiger partial charge in [0, 0.05) is 16.3 Å². The van der Waals surface area contributed by atoms with Crippen LogP contribution in [0.5, 0.6) is 0 Å². The zero-order valence-electron chi connectivity index (χ0n) is 13.7. The van der Waals surface area contributed by atoms with Gasteiger partial charge in [-0.1, -0.05) is 24.3 Å². The van der Waals surface area contributed by atoms with Gasteiger partial charge in [0.1, 0.15) is 6.54 Å². The number of benzene rings is 2. The molecule has 128 valence electrons. The molecule has 0 fully saturated rings. The molecule has 2 amide bonds. The van der Waals surface area contributed by atoms with Crippen molar-refractivity contribution in [3.05, 3.63) is 48.5 Å². The van der Waals surface area contributed by atoms with Gasteiger partial charge >= 0.3 is 0 Å². The van der Waals surface area contributed by atoms with E-state index in [-0.39, 0.29) is 18.4 Å². The van der Waals surface area contributed by atoms with Crippen LogP contribution in [0.4, 0.5) is 11.4 Å². The fraction of sp³-hybridized carbons (Fsp3) is 0.263. The highest BCUT2D eigenvalue weighted by Crippen LogP contribution is 2.36. The number of fused-ring (bicyclic) bond motifs is 2. The van der Waals surface area contributed by atoms with Crippen LogP contribution in [-0.2, 0) is 9.59 Å². The minimum Gasteiger partial charge on any atom is -0.310 e. The molecule has 0 bridgehead atoms. The molecule has 0 saturated carbocycles. The molecule has 2 aliphatic heterocycles. The molecule has 0 aromatic heterocycles. The number of carbonyl (C=O) groups is 2. The zero-order chi connectivity index (χ0) is 17.2. The third kappa shape index (κ3) is 3.28. The Morgan fingerprint density at radius 2 is 1.64 bits per heavy atom. The summed E-state index contributed by atoms with van der Waals surface area (Å²) >= 11 is 3.32. The quantitative estimate of drug-likeness (QED) is 0.809. The van der Waals surface area contributed by atoms with Crippen molar-refractivity contribution >= 4 is 46.7 Å². The summed E-state index contributed by atoms with van der Waals surface area (Å²) in [7, 11) is 0. The van der Waals surface area contributed by atoms with Gasteiger partial charge in [-0.2, -0.15) is 0 Å². The average Bonchev–Trinajstić information content (AvgIpc) is 2.86. The highest BCUT2D eigenvalue weighted by molar-refractivity contribution is 8.00. The largest absolute Gasteiger partial charge is 0.310 e. The molecule has 0 atom stereocenters. The molecule has 2 aliphatic rings. The monoisotopic (exact) mass is 370 g/mol. The molecule has 4 nitrogen and oxygen atoms in total. The van der Waals surface area contributed by atoms with E-state index in [0.29, 0.717) is 12.3 Å². The summed E-state index contributed by atoms with van der Waals surface area (Å²) in [6.07, 6.45) is 0.950. The molecule has 4 rings (SSSR count). The smallest absolute Gasteiger partial charge is 0.247 e. The number of anilines is 2. The van der Waals surface area contributed by atoms with E-state index in [1.807, 2.05) is 47.4 Å². The van der Waals surface area contributed by atoms with Gasteiger partial charge in [0.15, 0.2) is 0 Å². The molecule has 0 N–H and O–H groups in total. The molecule has 0 spiro atoms. The van der Waals surface area contributed by atoms with Gasteiger partial charge < -0.3 is 9.80 Å². The van der Waals surface area contributed by atoms with Crippen molar-refractivity contribution in [1.82, 2.24) is 0 Å². The van der Waals surface area contributed by atoms with Crippen molar-refractivity contribution in [3.63, 3.8) is 0 Å². The van der Waals surface area contributed by atoms with Crippen molar-refractivity contribution in [2.75, 3.05) is 34.4 Å². The summed E-state index contributed by atoms with van der Waals surface area (Å²) in [6.45, 7) is 0.788. The second-order valence-electron chi connectivity index (χ2n) is 5.95. The first-order valence-corrected chi connectivity index (χ1v) is 10.3. The molecule has 2 aromatic carbocycles. The van der Waals surface area contributed by atoms with E-state index in [1.165, 1.54) is 11.8 Å². The summed E-state index contributed by atoms with van der Waals surface area (Å²) in [6, 6.07) is 15.8. The van der Waals surface area contributed by atoms with Crippen LogP contribution in [0.1, 0.15) is 6.42 Å². The molecule has 0 radical (unpaired) electrons. The Kier molecular flexibility index (Phi) is 4.72. The van der Waals surface area contributed by atoms with Crippen LogP contribution < -0.4 is 9.80 Å². The minimum absolute atomic E-state index is 0.00506. The predicted molar refractivity (Wildman–Crippen MR) is 104 cm³/mol. The summed E-state index contributed by atoms with van der Waals surface area (Å²) in [5.74, 6) is 1.36. The van der Waals surface area contributed by atoms with Gasteiger partial charge in [0.2, 0.25) is 11.8 Å². The number of thioether (sulfide) groups is 2. The van der Waals surface area contributed by atoms with Gasteiger partial charge in [-0.15, -0.1) is 23.5 Å². The maximum absolute atomic E-state index is 13.1. The number of para-hydroxylation sites is 2. The Balaban J connectivity index is 1.61. The van der Waals surface area contributed by atoms with E-state index >= 15 is 0 Å². The van der Waals surface area contributed by atoms with E-state index in [0.717, 1.165) is 33.3 Å². The number of nitrogens with zero attached hydrogens (tertiary/aromatic N) is 2. The van der Waals surface area contributed by atoms with Crippen molar-refractivity contribution in [2.24, 2.45) is 0 Å². The predicted octanol–water partition coefficient (Wildman–Crippen LogP) is 3.65. The van der Waals surface area contributed by atoms with Crippen LogP contribution in [0.3, 0.4) is 0 Å². The lowest BCUT2D eigenvalue weighted by atomic mass is 10.2. The van der Waals surface area contributed by atoms with Crippen LogP contribution in [-0.4, -0.2) is 36.4 Å². The SMILES string of the molecule is O=C(CN1C(=O)CSc2ccccc21)N1CCCSc2ccccc21. The first-order valence-electron chi connectivity index (χ1n) is 8.28. The van der Waals surface area contributed by atoms with Gasteiger partial charge in [0.05, 0.1) is 17.1 Å². The standard InChI is InChI=1S/C19H18N2O2S2/c22-18(20-10-5-11-24-16-8-3-1-6-14(16)20)12-21-15-7-2-4-9-17(15)25-13-19(21)23/h1-4,6-9H,5,10-13H2. The number of hydrogen-bond acceptors (Lipinski definition) is 4. The van der Waals surface area contributed by atoms with E-state index in [9.17, 15) is 9.59 Å². The molecule has 0 saturated heterocycles.